The van der Waals surface area contributed by atoms with Crippen LogP contribution in [-0.2, 0) is 4.74 Å². The molecule has 154 valence electrons. The fourth-order valence-electron chi connectivity index (χ4n) is 2.16. The van der Waals surface area contributed by atoms with Crippen molar-refractivity contribution >= 4 is 40.7 Å². The number of aliphatic imine (C=N–C) groups is 1. The Morgan fingerprint density at radius 3 is 2.38 bits per heavy atom. The number of benzene rings is 2. The summed E-state index contributed by atoms with van der Waals surface area (Å²) in [6, 6.07) is 12.3. The van der Waals surface area contributed by atoms with Gasteiger partial charge in [0.25, 0.3) is 0 Å². The number of thioether (sulfide) groups is 1. The number of halogens is 4. The van der Waals surface area contributed by atoms with Crippen molar-refractivity contribution in [1.29, 1.82) is 0 Å². The van der Waals surface area contributed by atoms with Crippen LogP contribution in [0.3, 0.4) is 0 Å². The largest absolute Gasteiger partial charge is 0.461 e. The summed E-state index contributed by atoms with van der Waals surface area (Å²) in [6.45, 7) is 0.270. The minimum absolute atomic E-state index is 0.0461. The van der Waals surface area contributed by atoms with E-state index in [0.717, 1.165) is 6.08 Å². The Morgan fingerprint density at radius 1 is 1.17 bits per heavy atom. The third-order valence-electron chi connectivity index (χ3n) is 3.65. The van der Waals surface area contributed by atoms with Crippen LogP contribution in [0.25, 0.3) is 0 Å². The van der Waals surface area contributed by atoms with Crippen molar-refractivity contribution in [3.63, 3.8) is 0 Å². The first kappa shape index (κ1) is 22.8. The molecule has 0 unspecified atom stereocenters. The average Bonchev–Trinajstić information content (AvgIpc) is 2.68. The number of para-hydroxylation sites is 1. The number of esters is 1. The van der Waals surface area contributed by atoms with Crippen molar-refractivity contribution in [1.82, 2.24) is 0 Å². The minimum atomic E-state index is -4.71. The molecule has 29 heavy (non-hydrogen) atoms. The number of ether oxygens (including phenoxy) is 1. The summed E-state index contributed by atoms with van der Waals surface area (Å²) in [5, 5.41) is 0.276. The maximum absolute atomic E-state index is 12.9. The van der Waals surface area contributed by atoms with E-state index in [1.54, 1.807) is 36.0 Å². The predicted octanol–water partition coefficient (Wildman–Crippen LogP) is 5.39. The fraction of sp³-hybridized carbons (Fsp3) is 0.200. The van der Waals surface area contributed by atoms with Crippen LogP contribution in [0.2, 0.25) is 5.02 Å². The van der Waals surface area contributed by atoms with Gasteiger partial charge in [-0.05, 0) is 36.6 Å². The summed E-state index contributed by atoms with van der Waals surface area (Å²) in [5.41, 5.74) is 4.72. The standard InChI is InChI=1S/C20H18ClF3N2O2S/c1-29-11-10-28-19(27)14-8-6-13(7-9-14)17(12-18(25)20(22,23)24)26-16-5-3-2-4-15(16)21/h2-9,12H,10-11,25H2,1H3/b18-12-,26-17?. The summed E-state index contributed by atoms with van der Waals surface area (Å²) < 4.78 is 43.9. The van der Waals surface area contributed by atoms with Crippen molar-refractivity contribution in [2.45, 2.75) is 6.18 Å². The molecule has 2 aromatic rings. The molecule has 0 fully saturated rings. The van der Waals surface area contributed by atoms with Crippen molar-refractivity contribution in [2.75, 3.05) is 18.6 Å². The number of allylic oxidation sites excluding steroid dienone is 2. The Hall–Kier alpha value is -2.45. The summed E-state index contributed by atoms with van der Waals surface area (Å²) in [5.74, 6) is 0.153. The van der Waals surface area contributed by atoms with E-state index in [0.29, 0.717) is 11.3 Å². The lowest BCUT2D eigenvalue weighted by atomic mass is 10.1. The molecule has 2 aromatic carbocycles. The molecule has 0 amide bonds. The molecule has 0 radical (unpaired) electrons. The molecule has 2 rings (SSSR count). The quantitative estimate of drug-likeness (QED) is 0.355. The van der Waals surface area contributed by atoms with Crippen LogP contribution in [0.4, 0.5) is 18.9 Å². The SMILES string of the molecule is CSCCOC(=O)c1ccc(C(/C=C(\N)C(F)(F)F)=Nc2ccccc2Cl)cc1. The van der Waals surface area contributed by atoms with Gasteiger partial charge >= 0.3 is 12.1 Å². The van der Waals surface area contributed by atoms with Gasteiger partial charge < -0.3 is 10.5 Å². The van der Waals surface area contributed by atoms with Gasteiger partial charge in [-0.25, -0.2) is 9.79 Å². The van der Waals surface area contributed by atoms with Crippen LogP contribution in [-0.4, -0.2) is 36.5 Å². The Labute approximate surface area is 175 Å². The Bertz CT molecular complexity index is 913. The molecule has 0 heterocycles. The maximum Gasteiger partial charge on any atom is 0.430 e. The van der Waals surface area contributed by atoms with Crippen molar-refractivity contribution < 1.29 is 22.7 Å². The van der Waals surface area contributed by atoms with Crippen molar-refractivity contribution in [2.24, 2.45) is 10.7 Å². The van der Waals surface area contributed by atoms with Crippen LogP contribution in [0.15, 0.2) is 65.3 Å². The molecular weight excluding hydrogens is 425 g/mol. The molecule has 0 spiro atoms. The van der Waals surface area contributed by atoms with Gasteiger partial charge in [0.15, 0.2) is 0 Å². The van der Waals surface area contributed by atoms with Gasteiger partial charge in [0.2, 0.25) is 0 Å². The number of carbonyl (C=O) groups excluding carboxylic acids is 1. The van der Waals surface area contributed by atoms with E-state index in [2.05, 4.69) is 4.99 Å². The highest BCUT2D eigenvalue weighted by Crippen LogP contribution is 2.27. The molecule has 0 aliphatic rings. The Balaban J connectivity index is 2.39. The minimum Gasteiger partial charge on any atom is -0.461 e. The topological polar surface area (TPSA) is 64.7 Å². The summed E-state index contributed by atoms with van der Waals surface area (Å²) in [7, 11) is 0. The van der Waals surface area contributed by atoms with E-state index in [9.17, 15) is 18.0 Å². The lowest BCUT2D eigenvalue weighted by Crippen LogP contribution is -2.21. The molecule has 4 nitrogen and oxygen atoms in total. The van der Waals surface area contributed by atoms with E-state index in [4.69, 9.17) is 22.1 Å². The molecule has 0 aromatic heterocycles. The van der Waals surface area contributed by atoms with Crippen LogP contribution in [0, 0.1) is 0 Å². The van der Waals surface area contributed by atoms with Gasteiger partial charge in [0.1, 0.15) is 12.3 Å². The molecule has 0 atom stereocenters. The normalized spacial score (nSPS) is 12.7. The summed E-state index contributed by atoms with van der Waals surface area (Å²) in [6.07, 6.45) is -2.08. The lowest BCUT2D eigenvalue weighted by Gasteiger charge is -2.10. The zero-order valence-electron chi connectivity index (χ0n) is 15.4. The van der Waals surface area contributed by atoms with Gasteiger partial charge in [-0.1, -0.05) is 35.9 Å². The highest BCUT2D eigenvalue weighted by atomic mass is 35.5. The van der Waals surface area contributed by atoms with Gasteiger partial charge in [-0.2, -0.15) is 24.9 Å². The Morgan fingerprint density at radius 2 is 1.79 bits per heavy atom. The van der Waals surface area contributed by atoms with Gasteiger partial charge in [0, 0.05) is 11.3 Å². The monoisotopic (exact) mass is 442 g/mol. The highest BCUT2D eigenvalue weighted by molar-refractivity contribution is 7.98. The first-order valence-corrected chi connectivity index (χ1v) is 10.1. The number of rotatable bonds is 7. The number of carbonyl (C=O) groups is 1. The molecule has 0 saturated carbocycles. The van der Waals surface area contributed by atoms with E-state index >= 15 is 0 Å². The van der Waals surface area contributed by atoms with Crippen LogP contribution in [0.5, 0.6) is 0 Å². The zero-order chi connectivity index (χ0) is 21.4. The predicted molar refractivity (Wildman–Crippen MR) is 111 cm³/mol. The van der Waals surface area contributed by atoms with Crippen LogP contribution < -0.4 is 5.73 Å². The fourth-order valence-corrected chi connectivity index (χ4v) is 2.59. The van der Waals surface area contributed by atoms with Crippen molar-refractivity contribution in [3.05, 3.63) is 76.5 Å². The third-order valence-corrected chi connectivity index (χ3v) is 4.54. The molecule has 9 heteroatoms. The smallest absolute Gasteiger partial charge is 0.430 e. The number of hydrogen-bond acceptors (Lipinski definition) is 5. The summed E-state index contributed by atoms with van der Waals surface area (Å²) in [4.78, 5) is 16.2. The van der Waals surface area contributed by atoms with E-state index < -0.39 is 17.8 Å². The molecule has 0 bridgehead atoms. The van der Waals surface area contributed by atoms with E-state index in [-0.39, 0.29) is 28.6 Å². The number of nitrogens with zero attached hydrogens (tertiary/aromatic N) is 1. The second-order valence-corrected chi connectivity index (χ2v) is 7.14. The van der Waals surface area contributed by atoms with Crippen molar-refractivity contribution in [3.8, 4) is 0 Å². The average molecular weight is 443 g/mol. The summed E-state index contributed by atoms with van der Waals surface area (Å²) >= 11 is 7.61. The third kappa shape index (κ3) is 6.83. The second kappa shape index (κ2) is 10.4. The first-order chi connectivity index (χ1) is 13.7. The van der Waals surface area contributed by atoms with Gasteiger partial charge in [-0.15, -0.1) is 0 Å². The van der Waals surface area contributed by atoms with E-state index in [1.807, 2.05) is 6.26 Å². The number of nitrogens with two attached hydrogens (primary N) is 1. The molecule has 0 aliphatic heterocycles. The first-order valence-electron chi connectivity index (χ1n) is 8.36. The molecule has 2 N–H and O–H groups in total. The molecular formula is C20H18ClF3N2O2S. The number of alkyl halides is 3. The lowest BCUT2D eigenvalue weighted by molar-refractivity contribution is -0.0925. The van der Waals surface area contributed by atoms with Gasteiger partial charge in [-0.3, -0.25) is 0 Å². The zero-order valence-corrected chi connectivity index (χ0v) is 16.9. The van der Waals surface area contributed by atoms with Crippen LogP contribution >= 0.6 is 23.4 Å². The number of hydrogen-bond donors (Lipinski definition) is 1. The highest BCUT2D eigenvalue weighted by Gasteiger charge is 2.31. The van der Waals surface area contributed by atoms with E-state index in [1.165, 1.54) is 24.3 Å². The maximum atomic E-state index is 12.9. The van der Waals surface area contributed by atoms with Gasteiger partial charge in [0.05, 0.1) is 22.0 Å². The Kier molecular flexibility index (Phi) is 8.16. The van der Waals surface area contributed by atoms with Crippen LogP contribution in [0.1, 0.15) is 15.9 Å². The molecule has 0 saturated heterocycles. The molecule has 0 aliphatic carbocycles. The second-order valence-electron chi connectivity index (χ2n) is 5.75.